The van der Waals surface area contributed by atoms with E-state index in [1.54, 1.807) is 0 Å². The van der Waals surface area contributed by atoms with Crippen LogP contribution in [0.3, 0.4) is 0 Å². The van der Waals surface area contributed by atoms with Gasteiger partial charge in [0.25, 0.3) is 0 Å². The van der Waals surface area contributed by atoms with E-state index in [4.69, 9.17) is 9.40 Å². The summed E-state index contributed by atoms with van der Waals surface area (Å²) in [7, 11) is 0. The first-order chi connectivity index (χ1) is 13.4. The van der Waals surface area contributed by atoms with Gasteiger partial charge in [-0.2, -0.15) is 0 Å². The fraction of sp³-hybridized carbons (Fsp3) is 0. The number of oxazole rings is 1. The molecule has 27 heavy (non-hydrogen) atoms. The van der Waals surface area contributed by atoms with Crippen molar-refractivity contribution in [2.24, 2.45) is 0 Å². The minimum atomic E-state index is 0.648. The fourth-order valence-electron chi connectivity index (χ4n) is 3.30. The summed E-state index contributed by atoms with van der Waals surface area (Å²) in [5, 5.41) is 0. The first-order valence-corrected chi connectivity index (χ1v) is 8.99. The molecule has 0 aliphatic carbocycles. The molecule has 128 valence electrons. The van der Waals surface area contributed by atoms with E-state index < -0.39 is 0 Å². The van der Waals surface area contributed by atoms with Gasteiger partial charge in [-0.05, 0) is 46.5 Å². The second kappa shape index (κ2) is 6.58. The van der Waals surface area contributed by atoms with Crippen molar-refractivity contribution >= 4 is 11.1 Å². The van der Waals surface area contributed by atoms with Crippen molar-refractivity contribution in [3.63, 3.8) is 0 Å². The first-order valence-electron chi connectivity index (χ1n) is 8.99. The summed E-state index contributed by atoms with van der Waals surface area (Å²) in [6.45, 7) is 0. The molecule has 0 fully saturated rings. The Kier molecular flexibility index (Phi) is 3.80. The Labute approximate surface area is 157 Å². The molecule has 0 spiro atoms. The second-order valence-electron chi connectivity index (χ2n) is 6.51. The van der Waals surface area contributed by atoms with Crippen LogP contribution in [0.1, 0.15) is 0 Å². The molecular weight excluding hydrogens is 330 g/mol. The van der Waals surface area contributed by atoms with Crippen LogP contribution < -0.4 is 0 Å². The van der Waals surface area contributed by atoms with Gasteiger partial charge in [0.05, 0.1) is 0 Å². The maximum absolute atomic E-state index is 5.98. The average Bonchev–Trinajstić information content (AvgIpc) is 3.18. The van der Waals surface area contributed by atoms with Gasteiger partial charge < -0.3 is 4.42 Å². The van der Waals surface area contributed by atoms with Gasteiger partial charge in [-0.15, -0.1) is 0 Å². The fourth-order valence-corrected chi connectivity index (χ4v) is 3.30. The topological polar surface area (TPSA) is 26.0 Å². The van der Waals surface area contributed by atoms with E-state index in [0.29, 0.717) is 5.89 Å². The summed E-state index contributed by atoms with van der Waals surface area (Å²) >= 11 is 0. The highest BCUT2D eigenvalue weighted by molar-refractivity contribution is 5.82. The van der Waals surface area contributed by atoms with Crippen LogP contribution in [0.2, 0.25) is 0 Å². The van der Waals surface area contributed by atoms with Crippen molar-refractivity contribution in [2.75, 3.05) is 0 Å². The van der Waals surface area contributed by atoms with E-state index in [9.17, 15) is 0 Å². The highest BCUT2D eigenvalue weighted by atomic mass is 16.3. The number of hydrogen-bond donors (Lipinski definition) is 0. The highest BCUT2D eigenvalue weighted by Crippen LogP contribution is 2.29. The monoisotopic (exact) mass is 347 g/mol. The zero-order valence-corrected chi connectivity index (χ0v) is 14.7. The zero-order chi connectivity index (χ0) is 18.1. The molecule has 0 bridgehead atoms. The number of aromatic nitrogens is 1. The summed E-state index contributed by atoms with van der Waals surface area (Å²) in [6, 6.07) is 35.1. The summed E-state index contributed by atoms with van der Waals surface area (Å²) in [5.74, 6) is 0.648. The molecule has 0 saturated heterocycles. The van der Waals surface area contributed by atoms with Gasteiger partial charge in [-0.3, -0.25) is 0 Å². The van der Waals surface area contributed by atoms with E-state index in [-0.39, 0.29) is 0 Å². The van der Waals surface area contributed by atoms with Crippen LogP contribution >= 0.6 is 0 Å². The van der Waals surface area contributed by atoms with Gasteiger partial charge in [0.2, 0.25) is 5.89 Å². The van der Waals surface area contributed by atoms with Crippen molar-refractivity contribution < 1.29 is 4.42 Å². The number of fused-ring (bicyclic) bond motifs is 1. The minimum absolute atomic E-state index is 0.648. The van der Waals surface area contributed by atoms with Crippen LogP contribution in [-0.4, -0.2) is 4.98 Å². The lowest BCUT2D eigenvalue weighted by atomic mass is 10.0. The van der Waals surface area contributed by atoms with Crippen molar-refractivity contribution in [3.05, 3.63) is 103 Å². The van der Waals surface area contributed by atoms with Crippen molar-refractivity contribution in [2.45, 2.75) is 0 Å². The van der Waals surface area contributed by atoms with Gasteiger partial charge in [-0.25, -0.2) is 4.98 Å². The van der Waals surface area contributed by atoms with Gasteiger partial charge in [0.15, 0.2) is 5.58 Å². The van der Waals surface area contributed by atoms with Crippen LogP contribution in [0.5, 0.6) is 0 Å². The molecule has 0 N–H and O–H groups in total. The van der Waals surface area contributed by atoms with Crippen LogP contribution in [0.4, 0.5) is 0 Å². The smallest absolute Gasteiger partial charge is 0.227 e. The molecule has 1 heterocycles. The maximum Gasteiger partial charge on any atom is 0.227 e. The van der Waals surface area contributed by atoms with E-state index in [1.165, 1.54) is 16.7 Å². The second-order valence-corrected chi connectivity index (χ2v) is 6.51. The Bertz CT molecular complexity index is 1190. The van der Waals surface area contributed by atoms with Crippen LogP contribution in [0.25, 0.3) is 44.8 Å². The number of nitrogens with zero attached hydrogens (tertiary/aromatic N) is 1. The molecule has 2 heteroatoms. The molecule has 0 aliphatic heterocycles. The van der Waals surface area contributed by atoms with Gasteiger partial charge in [0.1, 0.15) is 5.52 Å². The number of rotatable bonds is 3. The van der Waals surface area contributed by atoms with E-state index in [0.717, 1.165) is 22.2 Å². The van der Waals surface area contributed by atoms with E-state index >= 15 is 0 Å². The van der Waals surface area contributed by atoms with E-state index in [2.05, 4.69) is 60.7 Å². The molecule has 2 nitrogen and oxygen atoms in total. The van der Waals surface area contributed by atoms with Gasteiger partial charge in [0, 0.05) is 5.56 Å². The lowest BCUT2D eigenvalue weighted by Crippen LogP contribution is -1.80. The number of benzene rings is 4. The Morgan fingerprint density at radius 3 is 1.67 bits per heavy atom. The molecule has 0 saturated carbocycles. The summed E-state index contributed by atoms with van der Waals surface area (Å²) in [4.78, 5) is 4.70. The predicted octanol–water partition coefficient (Wildman–Crippen LogP) is 6.83. The molecule has 4 aromatic carbocycles. The quantitative estimate of drug-likeness (QED) is 0.357. The van der Waals surface area contributed by atoms with Crippen molar-refractivity contribution in [3.8, 4) is 33.7 Å². The standard InChI is InChI=1S/C25H17NO/c1-3-7-18(8-4-1)20-11-13-21(14-12-20)25-26-23-17-22(15-16-24(23)27-25)19-9-5-2-6-10-19/h1-17H. The van der Waals surface area contributed by atoms with E-state index in [1.807, 2.05) is 42.5 Å². The Hall–Kier alpha value is -3.65. The largest absolute Gasteiger partial charge is 0.436 e. The molecule has 0 amide bonds. The van der Waals surface area contributed by atoms with Crippen LogP contribution in [0.15, 0.2) is 108 Å². The third-order valence-electron chi connectivity index (χ3n) is 4.73. The molecule has 5 aromatic rings. The number of hydrogen-bond acceptors (Lipinski definition) is 2. The van der Waals surface area contributed by atoms with Crippen LogP contribution in [0, 0.1) is 0 Å². The minimum Gasteiger partial charge on any atom is -0.436 e. The Morgan fingerprint density at radius 1 is 0.481 bits per heavy atom. The molecule has 0 radical (unpaired) electrons. The Balaban J connectivity index is 1.50. The van der Waals surface area contributed by atoms with Crippen molar-refractivity contribution in [1.29, 1.82) is 0 Å². The lowest BCUT2D eigenvalue weighted by Gasteiger charge is -2.02. The normalized spacial score (nSPS) is 11.0. The molecule has 0 atom stereocenters. The third-order valence-corrected chi connectivity index (χ3v) is 4.73. The molecular formula is C25H17NO. The predicted molar refractivity (Wildman–Crippen MR) is 110 cm³/mol. The summed E-state index contributed by atoms with van der Waals surface area (Å²) in [6.07, 6.45) is 0. The van der Waals surface area contributed by atoms with Gasteiger partial charge in [-0.1, -0.05) is 78.9 Å². The first kappa shape index (κ1) is 15.6. The molecule has 0 aliphatic rings. The highest BCUT2D eigenvalue weighted by Gasteiger charge is 2.10. The summed E-state index contributed by atoms with van der Waals surface area (Å²) < 4.78 is 5.98. The summed E-state index contributed by atoms with van der Waals surface area (Å²) in [5.41, 5.74) is 7.36. The SMILES string of the molecule is c1ccc(-c2ccc(-c3nc4cc(-c5ccccc5)ccc4o3)cc2)cc1. The third kappa shape index (κ3) is 3.02. The molecule has 1 aromatic heterocycles. The molecule has 5 rings (SSSR count). The van der Waals surface area contributed by atoms with Crippen LogP contribution in [-0.2, 0) is 0 Å². The molecule has 0 unspecified atom stereocenters. The van der Waals surface area contributed by atoms with Crippen molar-refractivity contribution in [1.82, 2.24) is 4.98 Å². The van der Waals surface area contributed by atoms with Gasteiger partial charge >= 0.3 is 0 Å². The average molecular weight is 347 g/mol. The zero-order valence-electron chi connectivity index (χ0n) is 14.7. The maximum atomic E-state index is 5.98. The Morgan fingerprint density at radius 2 is 1.00 bits per heavy atom. The lowest BCUT2D eigenvalue weighted by molar-refractivity contribution is 0.620.